The van der Waals surface area contributed by atoms with Crippen LogP contribution in [0.25, 0.3) is 0 Å². The van der Waals surface area contributed by atoms with E-state index in [9.17, 15) is 13.2 Å². The van der Waals surface area contributed by atoms with Crippen molar-refractivity contribution in [2.24, 2.45) is 0 Å². The van der Waals surface area contributed by atoms with E-state index in [1.807, 2.05) is 4.72 Å². The average molecular weight is 327 g/mol. The highest BCUT2D eigenvalue weighted by molar-refractivity contribution is 7.90. The monoisotopic (exact) mass is 327 g/mol. The second kappa shape index (κ2) is 7.60. The quantitative estimate of drug-likeness (QED) is 0.862. The van der Waals surface area contributed by atoms with Gasteiger partial charge in [0.1, 0.15) is 12.4 Å². The van der Waals surface area contributed by atoms with Crippen molar-refractivity contribution in [3.05, 3.63) is 24.3 Å². The molecule has 1 saturated carbocycles. The smallest absolute Gasteiger partial charge is 0.264 e. The summed E-state index contributed by atoms with van der Waals surface area (Å²) in [7, 11) is -2.46. The predicted octanol–water partition coefficient (Wildman–Crippen LogP) is 1.85. The third kappa shape index (κ3) is 4.71. The van der Waals surface area contributed by atoms with Crippen LogP contribution in [0.3, 0.4) is 0 Å². The fourth-order valence-electron chi connectivity index (χ4n) is 2.43. The summed E-state index contributed by atoms with van der Waals surface area (Å²) in [5, 5.41) is 0. The Kier molecular flexibility index (Phi) is 5.79. The molecule has 7 heteroatoms. The van der Waals surface area contributed by atoms with Crippen LogP contribution in [-0.2, 0) is 19.6 Å². The number of methoxy groups -OCH3 is 1. The molecule has 1 aromatic carbocycles. The number of ether oxygens (including phenoxy) is 2. The van der Waals surface area contributed by atoms with E-state index in [1.54, 1.807) is 12.1 Å². The second-order valence-corrected chi connectivity index (χ2v) is 6.96. The Morgan fingerprint density at radius 2 is 2.00 bits per heavy atom. The van der Waals surface area contributed by atoms with E-state index < -0.39 is 15.9 Å². The highest BCUT2D eigenvalue weighted by atomic mass is 32.2. The van der Waals surface area contributed by atoms with Gasteiger partial charge in [0.05, 0.1) is 18.1 Å². The fraction of sp³-hybridized carbons (Fsp3) is 0.533. The van der Waals surface area contributed by atoms with E-state index in [4.69, 9.17) is 9.47 Å². The summed E-state index contributed by atoms with van der Waals surface area (Å²) in [4.78, 5) is 11.8. The molecule has 0 radical (unpaired) electrons. The molecule has 1 amide bonds. The number of carbonyl (C=O) groups excluding carboxylic acids is 1. The first kappa shape index (κ1) is 16.8. The van der Waals surface area contributed by atoms with Gasteiger partial charge < -0.3 is 9.47 Å². The van der Waals surface area contributed by atoms with Gasteiger partial charge >= 0.3 is 0 Å². The van der Waals surface area contributed by atoms with E-state index in [2.05, 4.69) is 0 Å². The molecule has 22 heavy (non-hydrogen) atoms. The number of hydrogen-bond donors (Lipinski definition) is 1. The minimum Gasteiger partial charge on any atom is -0.497 e. The van der Waals surface area contributed by atoms with Crippen molar-refractivity contribution in [2.75, 3.05) is 13.7 Å². The summed E-state index contributed by atoms with van der Waals surface area (Å²) in [5.41, 5.74) is 0. The van der Waals surface area contributed by atoms with Crippen molar-refractivity contribution in [1.29, 1.82) is 0 Å². The molecule has 1 aliphatic carbocycles. The van der Waals surface area contributed by atoms with Gasteiger partial charge in [-0.2, -0.15) is 0 Å². The summed E-state index contributed by atoms with van der Waals surface area (Å²) < 4.78 is 36.7. The van der Waals surface area contributed by atoms with Gasteiger partial charge in [0.2, 0.25) is 0 Å². The Morgan fingerprint density at radius 3 is 2.68 bits per heavy atom. The first-order valence-electron chi connectivity index (χ1n) is 7.32. The molecule has 1 aliphatic rings. The van der Waals surface area contributed by atoms with Crippen molar-refractivity contribution in [1.82, 2.24) is 4.72 Å². The maximum Gasteiger partial charge on any atom is 0.264 e. The number of amides is 1. The molecule has 0 unspecified atom stereocenters. The molecule has 6 nitrogen and oxygen atoms in total. The van der Waals surface area contributed by atoms with Gasteiger partial charge in [0, 0.05) is 6.07 Å². The molecule has 1 N–H and O–H groups in total. The maximum atomic E-state index is 12.1. The molecular formula is C15H21NO5S. The van der Waals surface area contributed by atoms with E-state index >= 15 is 0 Å². The van der Waals surface area contributed by atoms with Gasteiger partial charge in [-0.05, 0) is 25.0 Å². The van der Waals surface area contributed by atoms with Crippen molar-refractivity contribution in [3.63, 3.8) is 0 Å². The van der Waals surface area contributed by atoms with Crippen molar-refractivity contribution >= 4 is 15.9 Å². The van der Waals surface area contributed by atoms with E-state index in [0.29, 0.717) is 5.75 Å². The number of benzene rings is 1. The lowest BCUT2D eigenvalue weighted by atomic mass is 9.98. The van der Waals surface area contributed by atoms with Crippen LogP contribution >= 0.6 is 0 Å². The van der Waals surface area contributed by atoms with Crippen molar-refractivity contribution in [2.45, 2.75) is 43.1 Å². The summed E-state index contributed by atoms with van der Waals surface area (Å²) in [5.74, 6) is -0.248. The minimum atomic E-state index is -3.90. The molecule has 0 atom stereocenters. The van der Waals surface area contributed by atoms with Crippen LogP contribution in [0, 0.1) is 0 Å². The van der Waals surface area contributed by atoms with Gasteiger partial charge in [-0.1, -0.05) is 25.3 Å². The molecule has 0 heterocycles. The number of nitrogens with one attached hydrogen (secondary N) is 1. The summed E-state index contributed by atoms with van der Waals surface area (Å²) in [6.45, 7) is -0.242. The van der Waals surface area contributed by atoms with Crippen molar-refractivity contribution in [3.8, 4) is 5.75 Å². The molecule has 0 aromatic heterocycles. The predicted molar refractivity (Wildman–Crippen MR) is 81.1 cm³/mol. The first-order valence-corrected chi connectivity index (χ1v) is 8.81. The molecule has 2 rings (SSSR count). The Bertz CT molecular complexity index is 608. The second-order valence-electron chi connectivity index (χ2n) is 5.28. The Labute approximate surface area is 130 Å². The van der Waals surface area contributed by atoms with Crippen LogP contribution < -0.4 is 9.46 Å². The number of hydrogen-bond acceptors (Lipinski definition) is 5. The molecular weight excluding hydrogens is 306 g/mol. The fourth-order valence-corrected chi connectivity index (χ4v) is 3.44. The average Bonchev–Trinajstić information content (AvgIpc) is 2.53. The molecule has 122 valence electrons. The summed E-state index contributed by atoms with van der Waals surface area (Å²) in [6.07, 6.45) is 5.28. The number of carbonyl (C=O) groups is 1. The maximum absolute atomic E-state index is 12.1. The normalized spacial score (nSPS) is 16.2. The third-order valence-corrected chi connectivity index (χ3v) is 4.97. The number of rotatable bonds is 6. The zero-order valence-electron chi connectivity index (χ0n) is 12.6. The van der Waals surface area contributed by atoms with Gasteiger partial charge in [-0.15, -0.1) is 0 Å². The van der Waals surface area contributed by atoms with E-state index in [0.717, 1.165) is 25.7 Å². The zero-order chi connectivity index (χ0) is 16.0. The summed E-state index contributed by atoms with van der Waals surface area (Å²) >= 11 is 0. The third-order valence-electron chi connectivity index (χ3n) is 3.60. The number of sulfonamides is 1. The van der Waals surface area contributed by atoms with E-state index in [-0.39, 0.29) is 17.6 Å². The largest absolute Gasteiger partial charge is 0.497 e. The topological polar surface area (TPSA) is 81.7 Å². The van der Waals surface area contributed by atoms with Crippen LogP contribution in [0.15, 0.2) is 29.2 Å². The lowest BCUT2D eigenvalue weighted by Gasteiger charge is -2.21. The standard InChI is InChI=1S/C15H21NO5S/c1-20-13-8-5-9-14(10-13)22(18,19)16-15(17)11-21-12-6-3-2-4-7-12/h5,8-10,12H,2-4,6-7,11H2,1H3,(H,16,17). The SMILES string of the molecule is COc1cccc(S(=O)(=O)NC(=O)COC2CCCCC2)c1. The Morgan fingerprint density at radius 1 is 1.27 bits per heavy atom. The van der Waals surface area contributed by atoms with Gasteiger partial charge in [0.25, 0.3) is 15.9 Å². The Hall–Kier alpha value is -1.60. The molecule has 1 aromatic rings. The highest BCUT2D eigenvalue weighted by Crippen LogP contribution is 2.20. The van der Waals surface area contributed by atoms with Crippen LogP contribution in [0.5, 0.6) is 5.75 Å². The highest BCUT2D eigenvalue weighted by Gasteiger charge is 2.20. The van der Waals surface area contributed by atoms with Gasteiger partial charge in [-0.25, -0.2) is 13.1 Å². The first-order chi connectivity index (χ1) is 10.5. The summed E-state index contributed by atoms with van der Waals surface area (Å²) in [6, 6.07) is 5.95. The molecule has 0 saturated heterocycles. The Balaban J connectivity index is 1.91. The van der Waals surface area contributed by atoms with Gasteiger partial charge in [-0.3, -0.25) is 4.79 Å². The zero-order valence-corrected chi connectivity index (χ0v) is 13.4. The molecule has 0 aliphatic heterocycles. The van der Waals surface area contributed by atoms with E-state index in [1.165, 1.54) is 25.7 Å². The lowest BCUT2D eigenvalue weighted by molar-refractivity contribution is -0.126. The molecule has 0 bridgehead atoms. The molecule has 0 spiro atoms. The molecule has 1 fully saturated rings. The van der Waals surface area contributed by atoms with Crippen LogP contribution in [0.4, 0.5) is 0 Å². The van der Waals surface area contributed by atoms with Crippen LogP contribution in [0.2, 0.25) is 0 Å². The van der Waals surface area contributed by atoms with Crippen LogP contribution in [-0.4, -0.2) is 34.1 Å². The van der Waals surface area contributed by atoms with Gasteiger partial charge in [0.15, 0.2) is 0 Å². The van der Waals surface area contributed by atoms with Crippen molar-refractivity contribution < 1.29 is 22.7 Å². The minimum absolute atomic E-state index is 0.0159. The van der Waals surface area contributed by atoms with Crippen LogP contribution in [0.1, 0.15) is 32.1 Å². The lowest BCUT2D eigenvalue weighted by Crippen LogP contribution is -2.35.